The maximum Gasteiger partial charge on any atom is 0.246 e. The van der Waals surface area contributed by atoms with Crippen LogP contribution in [0.2, 0.25) is 0 Å². The Balaban J connectivity index is 1.90. The van der Waals surface area contributed by atoms with Crippen molar-refractivity contribution in [2.45, 2.75) is 19.3 Å². The standard InChI is InChI=1S/C11H14N2O3/c14-9-6-13(7-10(15)12-9)11(16)5-8-3-1-2-4-8/h1,3,8H,2,4-7H2,(H,12,14,15). The molecule has 2 aliphatic rings. The third kappa shape index (κ3) is 2.48. The normalized spacial score (nSPS) is 24.8. The summed E-state index contributed by atoms with van der Waals surface area (Å²) in [7, 11) is 0. The number of piperazine rings is 1. The fraction of sp³-hybridized carbons (Fsp3) is 0.545. The van der Waals surface area contributed by atoms with Crippen LogP contribution in [0, 0.1) is 5.92 Å². The lowest BCUT2D eigenvalue weighted by Crippen LogP contribution is -2.53. The zero-order chi connectivity index (χ0) is 11.5. The summed E-state index contributed by atoms with van der Waals surface area (Å²) in [4.78, 5) is 35.3. The summed E-state index contributed by atoms with van der Waals surface area (Å²) in [6.45, 7) is 0.00200. The molecule has 0 bridgehead atoms. The fourth-order valence-corrected chi connectivity index (χ4v) is 2.03. The van der Waals surface area contributed by atoms with Crippen molar-refractivity contribution in [2.75, 3.05) is 13.1 Å². The molecule has 1 aliphatic carbocycles. The van der Waals surface area contributed by atoms with E-state index in [9.17, 15) is 14.4 Å². The van der Waals surface area contributed by atoms with Crippen molar-refractivity contribution in [1.29, 1.82) is 0 Å². The SMILES string of the molecule is O=C1CN(C(=O)CC2C=CCC2)CC(=O)N1. The van der Waals surface area contributed by atoms with Crippen molar-refractivity contribution < 1.29 is 14.4 Å². The molecule has 0 radical (unpaired) electrons. The van der Waals surface area contributed by atoms with E-state index in [0.29, 0.717) is 6.42 Å². The number of amides is 3. The van der Waals surface area contributed by atoms with Crippen LogP contribution in [0.1, 0.15) is 19.3 Å². The summed E-state index contributed by atoms with van der Waals surface area (Å²) in [6, 6.07) is 0. The van der Waals surface area contributed by atoms with E-state index in [1.165, 1.54) is 4.90 Å². The quantitative estimate of drug-likeness (QED) is 0.521. The van der Waals surface area contributed by atoms with Crippen molar-refractivity contribution in [1.82, 2.24) is 10.2 Å². The van der Waals surface area contributed by atoms with Gasteiger partial charge in [0.1, 0.15) is 13.1 Å². The summed E-state index contributed by atoms with van der Waals surface area (Å²) < 4.78 is 0. The van der Waals surface area contributed by atoms with Crippen molar-refractivity contribution in [2.24, 2.45) is 5.92 Å². The minimum absolute atomic E-state index is 0.001000. The van der Waals surface area contributed by atoms with E-state index in [0.717, 1.165) is 12.8 Å². The van der Waals surface area contributed by atoms with Crippen molar-refractivity contribution in [3.63, 3.8) is 0 Å². The molecule has 1 atom stereocenters. The van der Waals surface area contributed by atoms with Gasteiger partial charge < -0.3 is 4.90 Å². The third-order valence-corrected chi connectivity index (χ3v) is 2.85. The van der Waals surface area contributed by atoms with Gasteiger partial charge in [0.15, 0.2) is 0 Å². The van der Waals surface area contributed by atoms with Gasteiger partial charge in [-0.2, -0.15) is 0 Å². The van der Waals surface area contributed by atoms with Gasteiger partial charge in [-0.15, -0.1) is 0 Å². The fourth-order valence-electron chi connectivity index (χ4n) is 2.03. The lowest BCUT2D eigenvalue weighted by molar-refractivity contribution is -0.145. The lowest BCUT2D eigenvalue weighted by Gasteiger charge is -2.26. The zero-order valence-electron chi connectivity index (χ0n) is 8.94. The molecule has 0 aromatic carbocycles. The monoisotopic (exact) mass is 222 g/mol. The Bertz CT molecular complexity index is 346. The van der Waals surface area contributed by atoms with Crippen molar-refractivity contribution in [3.05, 3.63) is 12.2 Å². The van der Waals surface area contributed by atoms with E-state index < -0.39 is 11.8 Å². The number of hydrogen-bond donors (Lipinski definition) is 1. The molecule has 0 saturated carbocycles. The smallest absolute Gasteiger partial charge is 0.246 e. The molecule has 0 aromatic rings. The summed E-state index contributed by atoms with van der Waals surface area (Å²) in [6.07, 6.45) is 6.49. The average molecular weight is 222 g/mol. The average Bonchev–Trinajstić information content (AvgIpc) is 2.68. The first-order chi connectivity index (χ1) is 7.65. The number of imide groups is 1. The molecule has 3 amide bonds. The van der Waals surface area contributed by atoms with Crippen LogP contribution in [0.15, 0.2) is 12.2 Å². The molecule has 5 heteroatoms. The van der Waals surface area contributed by atoms with Gasteiger partial charge in [-0.3, -0.25) is 19.7 Å². The highest BCUT2D eigenvalue weighted by Crippen LogP contribution is 2.21. The predicted octanol–water partition coefficient (Wildman–Crippen LogP) is -0.172. The Kier molecular flexibility index (Phi) is 3.03. The topological polar surface area (TPSA) is 66.5 Å². The largest absolute Gasteiger partial charge is 0.324 e. The first kappa shape index (κ1) is 10.9. The molecule has 1 aliphatic heterocycles. The molecule has 1 N–H and O–H groups in total. The highest BCUT2D eigenvalue weighted by molar-refractivity contribution is 6.02. The van der Waals surface area contributed by atoms with Crippen LogP contribution in [0.3, 0.4) is 0 Å². The summed E-state index contributed by atoms with van der Waals surface area (Å²) in [5, 5.41) is 2.17. The maximum atomic E-state index is 11.8. The van der Waals surface area contributed by atoms with Gasteiger partial charge in [-0.1, -0.05) is 12.2 Å². The molecule has 2 rings (SSSR count). The second-order valence-electron chi connectivity index (χ2n) is 4.19. The van der Waals surface area contributed by atoms with E-state index in [2.05, 4.69) is 11.4 Å². The van der Waals surface area contributed by atoms with Gasteiger partial charge in [-0.25, -0.2) is 0 Å². The molecule has 1 heterocycles. The van der Waals surface area contributed by atoms with E-state index in [1.54, 1.807) is 0 Å². The predicted molar refractivity (Wildman–Crippen MR) is 56.2 cm³/mol. The molecule has 86 valence electrons. The number of nitrogens with one attached hydrogen (secondary N) is 1. The van der Waals surface area contributed by atoms with E-state index in [4.69, 9.17) is 0 Å². The Morgan fingerprint density at radius 3 is 2.62 bits per heavy atom. The van der Waals surface area contributed by atoms with E-state index in [1.807, 2.05) is 6.08 Å². The molecular weight excluding hydrogens is 208 g/mol. The number of nitrogens with zero attached hydrogens (tertiary/aromatic N) is 1. The molecule has 0 spiro atoms. The molecule has 1 saturated heterocycles. The van der Waals surface area contributed by atoms with Gasteiger partial charge >= 0.3 is 0 Å². The van der Waals surface area contributed by atoms with Crippen LogP contribution in [0.5, 0.6) is 0 Å². The van der Waals surface area contributed by atoms with Crippen LogP contribution >= 0.6 is 0 Å². The van der Waals surface area contributed by atoms with Gasteiger partial charge in [0, 0.05) is 6.42 Å². The second kappa shape index (κ2) is 4.47. The molecular formula is C11H14N2O3. The number of carbonyl (C=O) groups is 3. The van der Waals surface area contributed by atoms with Gasteiger partial charge in [0.05, 0.1) is 0 Å². The molecule has 16 heavy (non-hydrogen) atoms. The van der Waals surface area contributed by atoms with Crippen LogP contribution < -0.4 is 5.32 Å². The summed E-state index contributed by atoms with van der Waals surface area (Å²) in [5.41, 5.74) is 0. The number of carbonyl (C=O) groups excluding carboxylic acids is 3. The van der Waals surface area contributed by atoms with Crippen LogP contribution in [-0.2, 0) is 14.4 Å². The number of allylic oxidation sites excluding steroid dienone is 2. The Morgan fingerprint density at radius 2 is 2.06 bits per heavy atom. The Labute approximate surface area is 93.5 Å². The Hall–Kier alpha value is -1.65. The van der Waals surface area contributed by atoms with Gasteiger partial charge in [0.25, 0.3) is 0 Å². The minimum atomic E-state index is -0.397. The summed E-state index contributed by atoms with van der Waals surface area (Å²) >= 11 is 0. The first-order valence-electron chi connectivity index (χ1n) is 5.42. The van der Waals surface area contributed by atoms with Gasteiger partial charge in [-0.05, 0) is 18.8 Å². The highest BCUT2D eigenvalue weighted by atomic mass is 16.2. The third-order valence-electron chi connectivity index (χ3n) is 2.85. The van der Waals surface area contributed by atoms with Crippen LogP contribution in [0.4, 0.5) is 0 Å². The Morgan fingerprint density at radius 1 is 1.38 bits per heavy atom. The lowest BCUT2D eigenvalue weighted by atomic mass is 10.0. The van der Waals surface area contributed by atoms with Crippen LogP contribution in [-0.4, -0.2) is 35.7 Å². The van der Waals surface area contributed by atoms with E-state index in [-0.39, 0.29) is 24.9 Å². The van der Waals surface area contributed by atoms with Crippen molar-refractivity contribution >= 4 is 17.7 Å². The first-order valence-corrected chi connectivity index (χ1v) is 5.42. The maximum absolute atomic E-state index is 11.8. The number of hydrogen-bond acceptors (Lipinski definition) is 3. The van der Waals surface area contributed by atoms with Crippen molar-refractivity contribution in [3.8, 4) is 0 Å². The molecule has 1 unspecified atom stereocenters. The summed E-state index contributed by atoms with van der Waals surface area (Å²) in [5.74, 6) is -0.634. The minimum Gasteiger partial charge on any atom is -0.324 e. The van der Waals surface area contributed by atoms with E-state index >= 15 is 0 Å². The molecule has 0 aromatic heterocycles. The van der Waals surface area contributed by atoms with Gasteiger partial charge in [0.2, 0.25) is 17.7 Å². The van der Waals surface area contributed by atoms with Crippen LogP contribution in [0.25, 0.3) is 0 Å². The number of rotatable bonds is 2. The molecule has 5 nitrogen and oxygen atoms in total. The zero-order valence-corrected chi connectivity index (χ0v) is 8.94. The molecule has 1 fully saturated rings. The second-order valence-corrected chi connectivity index (χ2v) is 4.19. The highest BCUT2D eigenvalue weighted by Gasteiger charge is 2.27.